The third kappa shape index (κ3) is 5.50. The van der Waals surface area contributed by atoms with Crippen LogP contribution in [0.3, 0.4) is 0 Å². The zero-order valence-corrected chi connectivity index (χ0v) is 13.6. The van der Waals surface area contributed by atoms with Gasteiger partial charge in [-0.25, -0.2) is 4.79 Å². The van der Waals surface area contributed by atoms with Crippen LogP contribution in [0.15, 0.2) is 0 Å². The number of carbonyl (C=O) groups is 1. The summed E-state index contributed by atoms with van der Waals surface area (Å²) in [6.07, 6.45) is 1.11. The van der Waals surface area contributed by atoms with E-state index in [2.05, 4.69) is 0 Å². The minimum absolute atomic E-state index is 0.0965. The summed E-state index contributed by atoms with van der Waals surface area (Å²) in [5.41, 5.74) is 0. The molecule has 2 saturated heterocycles. The Hall–Kier alpha value is 0.150. The molecule has 0 aliphatic carbocycles. The van der Waals surface area contributed by atoms with Crippen molar-refractivity contribution >= 4 is 37.5 Å². The Balaban J connectivity index is 1.38. The van der Waals surface area contributed by atoms with Gasteiger partial charge in [0.15, 0.2) is 12.9 Å². The minimum atomic E-state index is -1.62. The lowest BCUT2D eigenvalue weighted by Crippen LogP contribution is -2.16. The molecular formula is C11H18O6PS2+. The Kier molecular flexibility index (Phi) is 7.62. The van der Waals surface area contributed by atoms with Gasteiger partial charge in [0, 0.05) is 23.7 Å². The average molecular weight is 341 g/mol. The van der Waals surface area contributed by atoms with Crippen LogP contribution < -0.4 is 0 Å². The number of hydrogen-bond acceptors (Lipinski definition) is 8. The smallest absolute Gasteiger partial charge is 0.437 e. The standard InChI is InChI=1S/C11H18O6PS2/c12-11-9(14-7-16-11)1-3-19-5-6-20-4-2-10-15-8-17-18(10)13/h9-10H,1-8H2/q+1/t9-,10+/m0/s1. The molecular weight excluding hydrogens is 323 g/mol. The van der Waals surface area contributed by atoms with E-state index < -0.39 is 8.03 Å². The van der Waals surface area contributed by atoms with Crippen molar-refractivity contribution in [1.29, 1.82) is 0 Å². The van der Waals surface area contributed by atoms with E-state index in [-0.39, 0.29) is 31.5 Å². The molecule has 2 aliphatic heterocycles. The second-order valence-corrected chi connectivity index (χ2v) is 8.05. The molecule has 20 heavy (non-hydrogen) atoms. The van der Waals surface area contributed by atoms with Crippen LogP contribution in [0.25, 0.3) is 0 Å². The lowest BCUT2D eigenvalue weighted by molar-refractivity contribution is -0.139. The Morgan fingerprint density at radius 3 is 2.40 bits per heavy atom. The predicted octanol–water partition coefficient (Wildman–Crippen LogP) is 2.21. The maximum Gasteiger partial charge on any atom is 0.542 e. The number of carbonyl (C=O) groups excluding carboxylic acids is 1. The van der Waals surface area contributed by atoms with Crippen LogP contribution in [-0.4, -0.2) is 54.5 Å². The normalized spacial score (nSPS) is 28.0. The highest BCUT2D eigenvalue weighted by molar-refractivity contribution is 8.02. The fourth-order valence-corrected chi connectivity index (χ4v) is 4.87. The van der Waals surface area contributed by atoms with Gasteiger partial charge in [-0.1, -0.05) is 0 Å². The average Bonchev–Trinajstić information content (AvgIpc) is 3.02. The van der Waals surface area contributed by atoms with Crippen LogP contribution >= 0.6 is 31.6 Å². The van der Waals surface area contributed by atoms with Crippen molar-refractivity contribution in [2.75, 3.05) is 36.6 Å². The Morgan fingerprint density at radius 1 is 1.05 bits per heavy atom. The first kappa shape index (κ1) is 16.5. The maximum absolute atomic E-state index is 11.3. The first-order chi connectivity index (χ1) is 9.77. The van der Waals surface area contributed by atoms with Crippen LogP contribution in [-0.2, 0) is 28.1 Å². The molecule has 0 amide bonds. The molecule has 0 bridgehead atoms. The zero-order chi connectivity index (χ0) is 14.2. The second-order valence-electron chi connectivity index (χ2n) is 4.19. The molecule has 1 unspecified atom stereocenters. The summed E-state index contributed by atoms with van der Waals surface area (Å²) in [5, 5.41) is 0. The highest BCUT2D eigenvalue weighted by atomic mass is 32.2. The third-order valence-electron chi connectivity index (χ3n) is 2.81. The van der Waals surface area contributed by atoms with Gasteiger partial charge in [-0.15, -0.1) is 4.52 Å². The first-order valence-electron chi connectivity index (χ1n) is 6.42. The molecule has 0 aromatic heterocycles. The molecule has 0 spiro atoms. The number of hydrogen-bond donors (Lipinski definition) is 0. The Labute approximate surface area is 127 Å². The summed E-state index contributed by atoms with van der Waals surface area (Å²) in [7, 11) is -1.62. The number of cyclic esters (lactones) is 1. The summed E-state index contributed by atoms with van der Waals surface area (Å²) in [6, 6.07) is 0. The Bertz CT molecular complexity index is 311. The largest absolute Gasteiger partial charge is 0.542 e. The van der Waals surface area contributed by atoms with E-state index in [0.29, 0.717) is 6.42 Å². The number of thioether (sulfide) groups is 2. The number of rotatable bonds is 9. The fraction of sp³-hybridized carbons (Fsp3) is 0.909. The van der Waals surface area contributed by atoms with Crippen molar-refractivity contribution in [1.82, 2.24) is 0 Å². The van der Waals surface area contributed by atoms with E-state index in [1.54, 1.807) is 11.8 Å². The van der Waals surface area contributed by atoms with Gasteiger partial charge in [0.05, 0.1) is 0 Å². The van der Waals surface area contributed by atoms with E-state index in [1.165, 1.54) is 0 Å². The molecule has 0 aromatic rings. The van der Waals surface area contributed by atoms with Crippen LogP contribution in [0.4, 0.5) is 0 Å². The van der Waals surface area contributed by atoms with Gasteiger partial charge in [-0.2, -0.15) is 23.5 Å². The summed E-state index contributed by atoms with van der Waals surface area (Å²) in [6.45, 7) is 0.255. The van der Waals surface area contributed by atoms with Crippen molar-refractivity contribution in [3.05, 3.63) is 0 Å². The molecule has 2 rings (SSSR count). The highest BCUT2D eigenvalue weighted by Crippen LogP contribution is 2.38. The van der Waals surface area contributed by atoms with E-state index in [1.807, 2.05) is 11.8 Å². The second kappa shape index (κ2) is 9.23. The number of ether oxygens (including phenoxy) is 3. The van der Waals surface area contributed by atoms with Gasteiger partial charge in [0.2, 0.25) is 6.79 Å². The van der Waals surface area contributed by atoms with E-state index >= 15 is 0 Å². The molecule has 0 N–H and O–H groups in total. The molecule has 0 saturated carbocycles. The topological polar surface area (TPSA) is 71.1 Å². The summed E-state index contributed by atoms with van der Waals surface area (Å²) in [5.74, 6) is 3.41. The minimum Gasteiger partial charge on any atom is -0.437 e. The lowest BCUT2D eigenvalue weighted by Gasteiger charge is -2.05. The molecule has 2 aliphatic rings. The SMILES string of the molecule is O=C1OCO[C@H]1CCSCCSCC[C@@H]1OCO[P+]1=O. The molecule has 0 radical (unpaired) electrons. The van der Waals surface area contributed by atoms with E-state index in [4.69, 9.17) is 18.7 Å². The van der Waals surface area contributed by atoms with Crippen molar-refractivity contribution in [3.8, 4) is 0 Å². The van der Waals surface area contributed by atoms with Gasteiger partial charge in [0.25, 0.3) is 5.85 Å². The summed E-state index contributed by atoms with van der Waals surface area (Å²) >= 11 is 3.62. The van der Waals surface area contributed by atoms with Gasteiger partial charge >= 0.3 is 14.0 Å². The fourth-order valence-electron chi connectivity index (χ4n) is 1.73. The Morgan fingerprint density at radius 2 is 1.80 bits per heavy atom. The molecule has 2 heterocycles. The summed E-state index contributed by atoms with van der Waals surface area (Å²) < 4.78 is 31.2. The van der Waals surface area contributed by atoms with Crippen LogP contribution in [0.2, 0.25) is 0 Å². The molecule has 114 valence electrons. The molecule has 2 fully saturated rings. The number of esters is 1. The zero-order valence-electron chi connectivity index (χ0n) is 11.0. The van der Waals surface area contributed by atoms with Crippen molar-refractivity contribution < 1.29 is 28.1 Å². The molecule has 3 atom stereocenters. The van der Waals surface area contributed by atoms with Crippen molar-refractivity contribution in [2.24, 2.45) is 0 Å². The maximum atomic E-state index is 11.3. The van der Waals surface area contributed by atoms with E-state index in [9.17, 15) is 9.36 Å². The van der Waals surface area contributed by atoms with Crippen LogP contribution in [0.5, 0.6) is 0 Å². The quantitative estimate of drug-likeness (QED) is 0.359. The highest BCUT2D eigenvalue weighted by Gasteiger charge is 2.39. The molecule has 9 heteroatoms. The first-order valence-corrected chi connectivity index (χ1v) is 9.97. The monoisotopic (exact) mass is 341 g/mol. The molecule has 0 aromatic carbocycles. The predicted molar refractivity (Wildman–Crippen MR) is 78.1 cm³/mol. The van der Waals surface area contributed by atoms with Crippen molar-refractivity contribution in [2.45, 2.75) is 24.8 Å². The van der Waals surface area contributed by atoms with Crippen molar-refractivity contribution in [3.63, 3.8) is 0 Å². The summed E-state index contributed by atoms with van der Waals surface area (Å²) in [4.78, 5) is 11.1. The van der Waals surface area contributed by atoms with Crippen LogP contribution in [0, 0.1) is 0 Å². The molecule has 6 nitrogen and oxygen atoms in total. The van der Waals surface area contributed by atoms with Gasteiger partial charge in [-0.3, -0.25) is 0 Å². The van der Waals surface area contributed by atoms with Gasteiger partial charge < -0.3 is 14.2 Å². The van der Waals surface area contributed by atoms with E-state index in [0.717, 1.165) is 29.4 Å². The third-order valence-corrected chi connectivity index (χ3v) is 6.34. The van der Waals surface area contributed by atoms with Crippen LogP contribution in [0.1, 0.15) is 12.8 Å². The van der Waals surface area contributed by atoms with Gasteiger partial charge in [-0.05, 0) is 16.7 Å². The van der Waals surface area contributed by atoms with Gasteiger partial charge in [0.1, 0.15) is 0 Å². The lowest BCUT2D eigenvalue weighted by atomic mass is 10.3.